The number of nitrogens with zero attached hydrogens (tertiary/aromatic N) is 3. The molecule has 0 aliphatic carbocycles. The molecular formula is C24H29N3O2S2. The van der Waals surface area contributed by atoms with E-state index in [2.05, 4.69) is 43.0 Å². The lowest BCUT2D eigenvalue weighted by Crippen LogP contribution is -2.43. The summed E-state index contributed by atoms with van der Waals surface area (Å²) >= 11 is 3.35. The zero-order chi connectivity index (χ0) is 21.6. The molecule has 1 aromatic heterocycles. The van der Waals surface area contributed by atoms with E-state index < -0.39 is 0 Å². The molecule has 0 saturated carbocycles. The standard InChI is InChI=1S/C24H29N3O2S2/c1-18-16-19(2)23-21(17-18)31-24(25-23)27(10-9-26-11-13-29-14-12-26)22(28)8-15-30-20-6-4-3-5-7-20/h3-7,16-17H,8-15H2,1-2H3. The van der Waals surface area contributed by atoms with Crippen LogP contribution in [0.25, 0.3) is 10.2 Å². The average Bonchev–Trinajstić information content (AvgIpc) is 3.19. The van der Waals surface area contributed by atoms with Gasteiger partial charge in [0.05, 0.1) is 23.4 Å². The molecule has 31 heavy (non-hydrogen) atoms. The first-order chi connectivity index (χ1) is 15.1. The molecule has 1 aliphatic heterocycles. The van der Waals surface area contributed by atoms with E-state index in [9.17, 15) is 4.79 Å². The molecule has 1 amide bonds. The van der Waals surface area contributed by atoms with Gasteiger partial charge in [-0.1, -0.05) is 35.6 Å². The molecule has 1 fully saturated rings. The minimum absolute atomic E-state index is 0.144. The van der Waals surface area contributed by atoms with Gasteiger partial charge in [0.2, 0.25) is 5.91 Å². The topological polar surface area (TPSA) is 45.7 Å². The van der Waals surface area contributed by atoms with Gasteiger partial charge in [0.1, 0.15) is 0 Å². The summed E-state index contributed by atoms with van der Waals surface area (Å²) in [6, 6.07) is 14.6. The number of hydrogen-bond donors (Lipinski definition) is 0. The number of carbonyl (C=O) groups is 1. The first kappa shape index (κ1) is 22.3. The number of anilines is 1. The van der Waals surface area contributed by atoms with Crippen LogP contribution in [-0.2, 0) is 9.53 Å². The van der Waals surface area contributed by atoms with E-state index in [0.29, 0.717) is 13.0 Å². The van der Waals surface area contributed by atoms with Gasteiger partial charge in [0, 0.05) is 43.2 Å². The molecule has 4 rings (SSSR count). The van der Waals surface area contributed by atoms with E-state index in [0.717, 1.165) is 59.5 Å². The number of thioether (sulfide) groups is 1. The van der Waals surface area contributed by atoms with Crippen LogP contribution in [0.5, 0.6) is 0 Å². The van der Waals surface area contributed by atoms with Gasteiger partial charge in [-0.05, 0) is 43.2 Å². The molecule has 0 unspecified atom stereocenters. The molecule has 0 radical (unpaired) electrons. The van der Waals surface area contributed by atoms with Crippen LogP contribution in [0.2, 0.25) is 0 Å². The number of amides is 1. The number of aromatic nitrogens is 1. The Morgan fingerprint density at radius 3 is 2.74 bits per heavy atom. The second-order valence-corrected chi connectivity index (χ2v) is 10.0. The summed E-state index contributed by atoms with van der Waals surface area (Å²) in [4.78, 5) is 23.6. The molecule has 5 nitrogen and oxygen atoms in total. The van der Waals surface area contributed by atoms with Gasteiger partial charge < -0.3 is 4.74 Å². The smallest absolute Gasteiger partial charge is 0.229 e. The lowest BCUT2D eigenvalue weighted by atomic mass is 10.1. The van der Waals surface area contributed by atoms with Crippen molar-refractivity contribution < 1.29 is 9.53 Å². The Kier molecular flexibility index (Phi) is 7.61. The first-order valence-electron chi connectivity index (χ1n) is 10.8. The lowest BCUT2D eigenvalue weighted by Gasteiger charge is -2.29. The number of fused-ring (bicyclic) bond motifs is 1. The summed E-state index contributed by atoms with van der Waals surface area (Å²) in [5.41, 5.74) is 3.40. The molecule has 164 valence electrons. The Morgan fingerprint density at radius 2 is 1.97 bits per heavy atom. The minimum Gasteiger partial charge on any atom is -0.379 e. The van der Waals surface area contributed by atoms with Crippen molar-refractivity contribution in [1.82, 2.24) is 9.88 Å². The summed E-state index contributed by atoms with van der Waals surface area (Å²) < 4.78 is 6.61. The Labute approximate surface area is 192 Å². The highest BCUT2D eigenvalue weighted by molar-refractivity contribution is 7.99. The van der Waals surface area contributed by atoms with E-state index >= 15 is 0 Å². The van der Waals surface area contributed by atoms with Crippen LogP contribution in [0.15, 0.2) is 47.4 Å². The Morgan fingerprint density at radius 1 is 1.19 bits per heavy atom. The van der Waals surface area contributed by atoms with E-state index in [1.54, 1.807) is 23.1 Å². The van der Waals surface area contributed by atoms with Crippen LogP contribution in [0.4, 0.5) is 5.13 Å². The van der Waals surface area contributed by atoms with Gasteiger partial charge in [-0.2, -0.15) is 0 Å². The van der Waals surface area contributed by atoms with Gasteiger partial charge in [-0.25, -0.2) is 4.98 Å². The molecule has 0 atom stereocenters. The molecule has 0 bridgehead atoms. The third kappa shape index (κ3) is 5.86. The van der Waals surface area contributed by atoms with Crippen LogP contribution in [0, 0.1) is 13.8 Å². The number of ether oxygens (including phenoxy) is 1. The Balaban J connectivity index is 1.49. The number of thiazole rings is 1. The molecule has 2 aromatic carbocycles. The van der Waals surface area contributed by atoms with E-state index in [4.69, 9.17) is 9.72 Å². The number of morpholine rings is 1. The van der Waals surface area contributed by atoms with E-state index in [1.165, 1.54) is 10.5 Å². The third-order valence-corrected chi connectivity index (χ3v) is 7.46. The van der Waals surface area contributed by atoms with Crippen LogP contribution < -0.4 is 4.90 Å². The van der Waals surface area contributed by atoms with Gasteiger partial charge in [-0.3, -0.25) is 14.6 Å². The predicted molar refractivity (Wildman–Crippen MR) is 130 cm³/mol. The molecule has 1 aliphatic rings. The quantitative estimate of drug-likeness (QED) is 0.458. The predicted octanol–water partition coefficient (Wildman–Crippen LogP) is 4.76. The summed E-state index contributed by atoms with van der Waals surface area (Å²) in [7, 11) is 0. The van der Waals surface area contributed by atoms with Crippen molar-refractivity contribution in [3.05, 3.63) is 53.6 Å². The molecule has 3 aromatic rings. The molecular weight excluding hydrogens is 426 g/mol. The van der Waals surface area contributed by atoms with Crippen LogP contribution >= 0.6 is 23.1 Å². The Hall–Kier alpha value is -1.93. The molecule has 2 heterocycles. The number of aryl methyl sites for hydroxylation is 2. The largest absolute Gasteiger partial charge is 0.379 e. The Bertz CT molecular complexity index is 1020. The monoisotopic (exact) mass is 455 g/mol. The van der Waals surface area contributed by atoms with Crippen LogP contribution in [-0.4, -0.2) is 60.9 Å². The van der Waals surface area contributed by atoms with Crippen molar-refractivity contribution in [2.45, 2.75) is 25.2 Å². The van der Waals surface area contributed by atoms with Gasteiger partial charge in [0.15, 0.2) is 5.13 Å². The summed E-state index contributed by atoms with van der Waals surface area (Å²) in [5, 5.41) is 0.812. The summed E-state index contributed by atoms with van der Waals surface area (Å²) in [6.45, 7) is 9.07. The normalized spacial score (nSPS) is 14.8. The summed E-state index contributed by atoms with van der Waals surface area (Å²) in [6.07, 6.45) is 0.497. The maximum atomic E-state index is 13.3. The van der Waals surface area contributed by atoms with Gasteiger partial charge in [-0.15, -0.1) is 11.8 Å². The lowest BCUT2D eigenvalue weighted by molar-refractivity contribution is -0.118. The van der Waals surface area contributed by atoms with Crippen molar-refractivity contribution >= 4 is 44.4 Å². The van der Waals surface area contributed by atoms with Gasteiger partial charge >= 0.3 is 0 Å². The average molecular weight is 456 g/mol. The molecule has 1 saturated heterocycles. The molecule has 0 spiro atoms. The highest BCUT2D eigenvalue weighted by atomic mass is 32.2. The van der Waals surface area contributed by atoms with E-state index in [1.807, 2.05) is 23.1 Å². The van der Waals surface area contributed by atoms with Gasteiger partial charge in [0.25, 0.3) is 0 Å². The molecule has 0 N–H and O–H groups in total. The fourth-order valence-corrected chi connectivity index (χ4v) is 5.82. The van der Waals surface area contributed by atoms with Crippen molar-refractivity contribution in [2.24, 2.45) is 0 Å². The highest BCUT2D eigenvalue weighted by Gasteiger charge is 2.22. The number of benzene rings is 2. The fraction of sp³-hybridized carbons (Fsp3) is 0.417. The third-order valence-electron chi connectivity index (χ3n) is 5.42. The number of carbonyl (C=O) groups excluding carboxylic acids is 1. The van der Waals surface area contributed by atoms with Crippen LogP contribution in [0.3, 0.4) is 0 Å². The van der Waals surface area contributed by atoms with Crippen LogP contribution in [0.1, 0.15) is 17.5 Å². The van der Waals surface area contributed by atoms with Crippen molar-refractivity contribution in [1.29, 1.82) is 0 Å². The summed E-state index contributed by atoms with van der Waals surface area (Å²) in [5.74, 6) is 0.907. The van der Waals surface area contributed by atoms with Crippen molar-refractivity contribution in [3.63, 3.8) is 0 Å². The second kappa shape index (κ2) is 10.6. The first-order valence-corrected chi connectivity index (χ1v) is 12.6. The van der Waals surface area contributed by atoms with Crippen molar-refractivity contribution in [3.8, 4) is 0 Å². The zero-order valence-electron chi connectivity index (χ0n) is 18.2. The highest BCUT2D eigenvalue weighted by Crippen LogP contribution is 2.32. The fourth-order valence-electron chi connectivity index (χ4n) is 3.78. The number of hydrogen-bond acceptors (Lipinski definition) is 6. The maximum absolute atomic E-state index is 13.3. The maximum Gasteiger partial charge on any atom is 0.229 e. The second-order valence-electron chi connectivity index (χ2n) is 7.84. The zero-order valence-corrected chi connectivity index (χ0v) is 19.8. The number of rotatable bonds is 8. The van der Waals surface area contributed by atoms with E-state index in [-0.39, 0.29) is 5.91 Å². The SMILES string of the molecule is Cc1cc(C)c2nc(N(CCN3CCOCC3)C(=O)CCSc3ccccc3)sc2c1. The molecule has 7 heteroatoms. The van der Waals surface area contributed by atoms with Crippen molar-refractivity contribution in [2.75, 3.05) is 50.0 Å². The minimum atomic E-state index is 0.144.